The molecule has 210 valence electrons. The quantitative estimate of drug-likeness (QED) is 0.467. The van der Waals surface area contributed by atoms with E-state index in [1.807, 2.05) is 50.2 Å². The first-order chi connectivity index (χ1) is 18.6. The van der Waals surface area contributed by atoms with Crippen LogP contribution in [0.4, 0.5) is 0 Å². The van der Waals surface area contributed by atoms with E-state index in [1.54, 1.807) is 15.9 Å². The first-order valence-electron chi connectivity index (χ1n) is 13.9. The first-order valence-corrected chi connectivity index (χ1v) is 14.7. The van der Waals surface area contributed by atoms with Crippen molar-refractivity contribution >= 4 is 34.8 Å². The molecule has 9 heteroatoms. The van der Waals surface area contributed by atoms with Gasteiger partial charge in [0.25, 0.3) is 5.91 Å². The highest BCUT2D eigenvalue weighted by atomic mass is 32.1. The zero-order valence-electron chi connectivity index (χ0n) is 23.3. The molecule has 2 saturated heterocycles. The summed E-state index contributed by atoms with van der Waals surface area (Å²) in [5, 5.41) is 2.95. The van der Waals surface area contributed by atoms with Crippen molar-refractivity contribution in [3.05, 3.63) is 47.3 Å². The summed E-state index contributed by atoms with van der Waals surface area (Å²) in [7, 11) is 0. The summed E-state index contributed by atoms with van der Waals surface area (Å²) >= 11 is 1.38. The van der Waals surface area contributed by atoms with Crippen molar-refractivity contribution in [3.63, 3.8) is 0 Å². The zero-order valence-corrected chi connectivity index (χ0v) is 24.1. The molecule has 2 aromatic rings. The lowest BCUT2D eigenvalue weighted by Gasteiger charge is -2.29. The molecule has 3 heterocycles. The van der Waals surface area contributed by atoms with Crippen LogP contribution in [0.3, 0.4) is 0 Å². The standard InChI is InChI=1S/C30H40N4O4S/c1-18(2)10-11-21(31)29(37)34-17-24(35)27-23(34)14-15-33(27)30(38)22(16-19(3)4)32-28(36)26-13-12-25(39-26)20-8-6-5-7-9-20/h5-9,12-13,18-19,21-23,27H,10-11,14-17,31H2,1-4H3,(H,32,36). The first kappa shape index (κ1) is 29.0. The molecule has 1 aromatic carbocycles. The van der Waals surface area contributed by atoms with Crippen LogP contribution in [0.1, 0.15) is 63.0 Å². The van der Waals surface area contributed by atoms with Gasteiger partial charge < -0.3 is 20.9 Å². The van der Waals surface area contributed by atoms with Crippen LogP contribution in [0.2, 0.25) is 0 Å². The number of ketones is 1. The highest BCUT2D eigenvalue weighted by Crippen LogP contribution is 2.32. The molecule has 2 fully saturated rings. The van der Waals surface area contributed by atoms with Crippen molar-refractivity contribution in [2.24, 2.45) is 17.6 Å². The van der Waals surface area contributed by atoms with Crippen molar-refractivity contribution in [2.75, 3.05) is 13.1 Å². The van der Waals surface area contributed by atoms with Gasteiger partial charge in [0, 0.05) is 11.4 Å². The third kappa shape index (κ3) is 6.58. The highest BCUT2D eigenvalue weighted by Gasteiger charge is 2.52. The van der Waals surface area contributed by atoms with Gasteiger partial charge in [-0.25, -0.2) is 0 Å². The fourth-order valence-electron chi connectivity index (χ4n) is 5.55. The molecule has 3 N–H and O–H groups in total. The van der Waals surface area contributed by atoms with E-state index in [2.05, 4.69) is 19.2 Å². The number of thiophene rings is 1. The Kier molecular flexibility index (Phi) is 9.23. The molecule has 4 atom stereocenters. The van der Waals surface area contributed by atoms with Gasteiger partial charge in [0.05, 0.1) is 23.5 Å². The van der Waals surface area contributed by atoms with Crippen molar-refractivity contribution in [2.45, 2.75) is 77.5 Å². The van der Waals surface area contributed by atoms with E-state index in [0.29, 0.717) is 36.6 Å². The third-order valence-electron chi connectivity index (χ3n) is 7.56. The Morgan fingerprint density at radius 2 is 1.69 bits per heavy atom. The fourth-order valence-corrected chi connectivity index (χ4v) is 6.46. The minimum Gasteiger partial charge on any atom is -0.340 e. The van der Waals surface area contributed by atoms with Gasteiger partial charge in [0.15, 0.2) is 5.78 Å². The number of likely N-dealkylation sites (tertiary alicyclic amines) is 2. The Morgan fingerprint density at radius 3 is 2.36 bits per heavy atom. The number of hydrogen-bond acceptors (Lipinski definition) is 6. The van der Waals surface area contributed by atoms with Gasteiger partial charge in [-0.2, -0.15) is 0 Å². The minimum atomic E-state index is -0.760. The maximum absolute atomic E-state index is 13.8. The number of carbonyl (C=O) groups excluding carboxylic acids is 4. The Labute approximate surface area is 234 Å². The maximum atomic E-state index is 13.8. The lowest BCUT2D eigenvalue weighted by Crippen LogP contribution is -2.53. The number of Topliss-reactive ketones (excluding diaryl/α,β-unsaturated/α-hetero) is 1. The summed E-state index contributed by atoms with van der Waals surface area (Å²) in [6, 6.07) is 11.1. The summed E-state index contributed by atoms with van der Waals surface area (Å²) in [5.41, 5.74) is 7.22. The van der Waals surface area contributed by atoms with Gasteiger partial charge in [-0.05, 0) is 55.2 Å². The molecule has 39 heavy (non-hydrogen) atoms. The van der Waals surface area contributed by atoms with Gasteiger partial charge >= 0.3 is 0 Å². The van der Waals surface area contributed by atoms with Crippen molar-refractivity contribution < 1.29 is 19.2 Å². The molecule has 0 saturated carbocycles. The molecular weight excluding hydrogens is 512 g/mol. The Bertz CT molecular complexity index is 1190. The van der Waals surface area contributed by atoms with E-state index in [0.717, 1.165) is 16.9 Å². The second-order valence-corrected chi connectivity index (χ2v) is 12.6. The van der Waals surface area contributed by atoms with Crippen LogP contribution in [-0.4, -0.2) is 70.6 Å². The number of benzene rings is 1. The number of hydrogen-bond donors (Lipinski definition) is 2. The fraction of sp³-hybridized carbons (Fsp3) is 0.533. The summed E-state index contributed by atoms with van der Waals surface area (Å²) in [4.78, 5) is 57.8. The molecule has 4 unspecified atom stereocenters. The second-order valence-electron chi connectivity index (χ2n) is 11.5. The number of rotatable bonds is 10. The molecule has 3 amide bonds. The summed E-state index contributed by atoms with van der Waals surface area (Å²) in [6.07, 6.45) is 2.38. The molecule has 8 nitrogen and oxygen atoms in total. The van der Waals surface area contributed by atoms with E-state index in [-0.39, 0.29) is 42.0 Å². The summed E-state index contributed by atoms with van der Waals surface area (Å²) in [5.74, 6) is -0.347. The molecule has 4 rings (SSSR count). The Hall–Kier alpha value is -3.04. The predicted octanol–water partition coefficient (Wildman–Crippen LogP) is 3.70. The molecule has 0 bridgehead atoms. The topological polar surface area (TPSA) is 113 Å². The van der Waals surface area contributed by atoms with Crippen LogP contribution < -0.4 is 11.1 Å². The van der Waals surface area contributed by atoms with E-state index >= 15 is 0 Å². The van der Waals surface area contributed by atoms with Crippen molar-refractivity contribution in [1.82, 2.24) is 15.1 Å². The van der Waals surface area contributed by atoms with Crippen LogP contribution in [0.15, 0.2) is 42.5 Å². The highest BCUT2D eigenvalue weighted by molar-refractivity contribution is 7.17. The average molecular weight is 553 g/mol. The smallest absolute Gasteiger partial charge is 0.262 e. The average Bonchev–Trinajstić information content (AvgIpc) is 3.63. The normalized spacial score (nSPS) is 20.4. The van der Waals surface area contributed by atoms with Gasteiger partial charge in [-0.3, -0.25) is 19.2 Å². The molecule has 1 aromatic heterocycles. The molecule has 2 aliphatic heterocycles. The minimum absolute atomic E-state index is 0.0218. The third-order valence-corrected chi connectivity index (χ3v) is 8.69. The van der Waals surface area contributed by atoms with Gasteiger partial charge in [-0.15, -0.1) is 11.3 Å². The zero-order chi connectivity index (χ0) is 28.3. The summed E-state index contributed by atoms with van der Waals surface area (Å²) in [6.45, 7) is 8.51. The van der Waals surface area contributed by atoms with E-state index in [4.69, 9.17) is 5.73 Å². The molecule has 2 aliphatic rings. The van der Waals surface area contributed by atoms with Crippen LogP contribution >= 0.6 is 11.3 Å². The Morgan fingerprint density at radius 1 is 0.974 bits per heavy atom. The number of nitrogens with one attached hydrogen (secondary N) is 1. The molecule has 0 radical (unpaired) electrons. The monoisotopic (exact) mass is 552 g/mol. The largest absolute Gasteiger partial charge is 0.340 e. The second kappa shape index (κ2) is 12.4. The van der Waals surface area contributed by atoms with E-state index < -0.39 is 18.1 Å². The number of nitrogens with two attached hydrogens (primary N) is 1. The molecule has 0 spiro atoms. The van der Waals surface area contributed by atoms with Crippen LogP contribution in [-0.2, 0) is 14.4 Å². The van der Waals surface area contributed by atoms with Crippen molar-refractivity contribution in [3.8, 4) is 10.4 Å². The SMILES string of the molecule is CC(C)CCC(N)C(=O)N1CC(=O)C2C1CCN2C(=O)C(CC(C)C)NC(=O)c1ccc(-c2ccccc2)s1. The van der Waals surface area contributed by atoms with Crippen molar-refractivity contribution in [1.29, 1.82) is 0 Å². The number of fused-ring (bicyclic) bond motifs is 1. The number of amides is 3. The molecular formula is C30H40N4O4S. The number of nitrogens with zero attached hydrogens (tertiary/aromatic N) is 2. The van der Waals surface area contributed by atoms with Crippen LogP contribution in [0, 0.1) is 11.8 Å². The lowest BCUT2D eigenvalue weighted by atomic mass is 10.0. The maximum Gasteiger partial charge on any atom is 0.262 e. The van der Waals surface area contributed by atoms with Gasteiger partial charge in [-0.1, -0.05) is 58.0 Å². The molecule has 0 aliphatic carbocycles. The van der Waals surface area contributed by atoms with Gasteiger partial charge in [0.2, 0.25) is 11.8 Å². The number of carbonyl (C=O) groups is 4. The van der Waals surface area contributed by atoms with E-state index in [1.165, 1.54) is 11.3 Å². The predicted molar refractivity (Wildman–Crippen MR) is 153 cm³/mol. The summed E-state index contributed by atoms with van der Waals surface area (Å²) < 4.78 is 0. The van der Waals surface area contributed by atoms with Gasteiger partial charge in [0.1, 0.15) is 12.1 Å². The van der Waals surface area contributed by atoms with Crippen LogP contribution in [0.5, 0.6) is 0 Å². The van der Waals surface area contributed by atoms with E-state index in [9.17, 15) is 19.2 Å². The van der Waals surface area contributed by atoms with Crippen LogP contribution in [0.25, 0.3) is 10.4 Å². The lowest BCUT2D eigenvalue weighted by molar-refractivity contribution is -0.138. The Balaban J connectivity index is 1.45.